The van der Waals surface area contributed by atoms with Crippen molar-refractivity contribution in [1.82, 2.24) is 0 Å². The van der Waals surface area contributed by atoms with Crippen molar-refractivity contribution >= 4 is 39.4 Å². The molecule has 9 heteroatoms. The summed E-state index contributed by atoms with van der Waals surface area (Å²) in [5, 5.41) is 10.9. The van der Waals surface area contributed by atoms with Gasteiger partial charge in [-0.2, -0.15) is 5.26 Å². The molecule has 0 unspecified atom stereocenters. The number of hydrogen-bond acceptors (Lipinski definition) is 8. The summed E-state index contributed by atoms with van der Waals surface area (Å²) in [6.07, 6.45) is 3.72. The number of hydrogen-bond donors (Lipinski definition) is 0. The fourth-order valence-electron chi connectivity index (χ4n) is 6.03. The molecule has 2 aliphatic heterocycles. The third kappa shape index (κ3) is 4.43. The zero-order valence-electron chi connectivity index (χ0n) is 23.1. The summed E-state index contributed by atoms with van der Waals surface area (Å²) >= 11 is 3.49. The van der Waals surface area contributed by atoms with Gasteiger partial charge in [0.15, 0.2) is 22.7 Å². The lowest BCUT2D eigenvalue weighted by Crippen LogP contribution is -2.47. The normalized spacial score (nSPS) is 22.2. The van der Waals surface area contributed by atoms with Gasteiger partial charge in [-0.1, -0.05) is 36.4 Å². The van der Waals surface area contributed by atoms with Crippen molar-refractivity contribution in [2.45, 2.75) is 24.9 Å². The maximum absolute atomic E-state index is 14.7. The van der Waals surface area contributed by atoms with E-state index in [9.17, 15) is 14.9 Å². The lowest BCUT2D eigenvalue weighted by Gasteiger charge is -2.36. The average molecular weight is 617 g/mol. The van der Waals surface area contributed by atoms with E-state index in [1.54, 1.807) is 50.4 Å². The van der Waals surface area contributed by atoms with E-state index >= 15 is 0 Å². The van der Waals surface area contributed by atoms with Gasteiger partial charge in [-0.3, -0.25) is 9.59 Å². The van der Waals surface area contributed by atoms with Gasteiger partial charge in [-0.15, -0.1) is 0 Å². The molecule has 0 bridgehead atoms. The average Bonchev–Trinajstić information content (AvgIpc) is 3.32. The molecule has 1 saturated heterocycles. The topological polar surface area (TPSA) is 98.1 Å². The number of ether oxygens (including phenoxy) is 4. The van der Waals surface area contributed by atoms with E-state index in [1.165, 1.54) is 14.2 Å². The molecule has 0 N–H and O–H groups in total. The van der Waals surface area contributed by atoms with Crippen molar-refractivity contribution in [3.8, 4) is 23.3 Å². The summed E-state index contributed by atoms with van der Waals surface area (Å²) in [5.74, 6) is -0.401. The number of para-hydroxylation sites is 1. The molecule has 210 valence electrons. The number of esters is 1. The second-order valence-electron chi connectivity index (χ2n) is 9.72. The largest absolute Gasteiger partial charge is 0.496 e. The summed E-state index contributed by atoms with van der Waals surface area (Å²) in [5.41, 5.74) is 0.836. The van der Waals surface area contributed by atoms with Crippen LogP contribution in [0, 0.1) is 16.7 Å². The van der Waals surface area contributed by atoms with Crippen LogP contribution in [0.15, 0.2) is 71.2 Å². The molecule has 0 spiro atoms. The van der Waals surface area contributed by atoms with Gasteiger partial charge in [0.1, 0.15) is 11.8 Å². The Hall–Kier alpha value is -4.29. The summed E-state index contributed by atoms with van der Waals surface area (Å²) in [6, 6.07) is 18.6. The van der Waals surface area contributed by atoms with Gasteiger partial charge < -0.3 is 23.8 Å². The Morgan fingerprint density at radius 2 is 1.68 bits per heavy atom. The van der Waals surface area contributed by atoms with Gasteiger partial charge in [0.2, 0.25) is 0 Å². The highest BCUT2D eigenvalue weighted by molar-refractivity contribution is 9.10. The highest BCUT2D eigenvalue weighted by Gasteiger charge is 2.67. The van der Waals surface area contributed by atoms with Crippen LogP contribution in [-0.4, -0.2) is 51.8 Å². The molecule has 0 radical (unpaired) electrons. The van der Waals surface area contributed by atoms with Crippen LogP contribution in [0.25, 0.3) is 6.08 Å². The minimum atomic E-state index is -1.76. The third-order valence-electron chi connectivity index (χ3n) is 7.82. The lowest BCUT2D eigenvalue weighted by atomic mass is 9.68. The zero-order chi connectivity index (χ0) is 29.3. The first-order valence-electron chi connectivity index (χ1n) is 13.1. The number of Topliss-reactive ketones (excluding diaryl/α,β-unsaturated/α-hetero) is 1. The van der Waals surface area contributed by atoms with Crippen molar-refractivity contribution in [3.05, 3.63) is 87.9 Å². The Morgan fingerprint density at radius 3 is 2.34 bits per heavy atom. The van der Waals surface area contributed by atoms with Gasteiger partial charge in [0.25, 0.3) is 0 Å². The number of benzene rings is 3. The molecule has 0 aromatic heterocycles. The van der Waals surface area contributed by atoms with E-state index in [4.69, 9.17) is 18.9 Å². The van der Waals surface area contributed by atoms with Crippen LogP contribution in [-0.2, 0) is 9.53 Å². The number of carbonyl (C=O) groups is 2. The molecule has 2 heterocycles. The van der Waals surface area contributed by atoms with Crippen LogP contribution in [0.5, 0.6) is 17.2 Å². The van der Waals surface area contributed by atoms with Crippen molar-refractivity contribution < 1.29 is 28.5 Å². The number of methoxy groups -OCH3 is 3. The summed E-state index contributed by atoms with van der Waals surface area (Å²) in [7, 11) is 4.59. The van der Waals surface area contributed by atoms with Crippen LogP contribution in [0.3, 0.4) is 0 Å². The highest BCUT2D eigenvalue weighted by atomic mass is 79.9. The van der Waals surface area contributed by atoms with Crippen LogP contribution < -0.4 is 19.1 Å². The summed E-state index contributed by atoms with van der Waals surface area (Å²) < 4.78 is 22.6. The minimum absolute atomic E-state index is 0.0813. The number of nitriles is 1. The maximum atomic E-state index is 14.7. The van der Waals surface area contributed by atoms with E-state index in [1.807, 2.05) is 41.3 Å². The highest BCUT2D eigenvalue weighted by Crippen LogP contribution is 2.57. The van der Waals surface area contributed by atoms with E-state index in [0.29, 0.717) is 32.8 Å². The number of fused-ring (bicyclic) bond motifs is 3. The van der Waals surface area contributed by atoms with Gasteiger partial charge in [-0.25, -0.2) is 0 Å². The van der Waals surface area contributed by atoms with Gasteiger partial charge in [0.05, 0.1) is 44.5 Å². The Morgan fingerprint density at radius 1 is 0.976 bits per heavy atom. The molecule has 8 nitrogen and oxygen atoms in total. The predicted molar refractivity (Wildman–Crippen MR) is 158 cm³/mol. The molecule has 4 atom stereocenters. The standard InChI is InChI=1S/C32H29BrN2O6/c1-5-41-31(37)32(18-34)27-15-12-19-8-6-7-9-23(19)35(27)29(30(36)21-11-13-24(38-2)22(33)16-21)28(32)20-10-14-25(39-3)26(17-20)40-4/h6-17,27-29H,5H2,1-4H3/t27-,28-,29+,32+/m0/s1. The first kappa shape index (κ1) is 28.2. The molecule has 2 aliphatic rings. The lowest BCUT2D eigenvalue weighted by molar-refractivity contribution is -0.152. The Bertz CT molecular complexity index is 1580. The van der Waals surface area contributed by atoms with E-state index in [2.05, 4.69) is 22.0 Å². The monoisotopic (exact) mass is 616 g/mol. The molecule has 3 aromatic rings. The molecular weight excluding hydrogens is 588 g/mol. The van der Waals surface area contributed by atoms with Crippen molar-refractivity contribution in [2.75, 3.05) is 32.8 Å². The SMILES string of the molecule is CCOC(=O)[C@]1(C#N)[C@@H]2C=Cc3ccccc3N2[C@@H](C(=O)c2ccc(OC)c(Br)c2)[C@@H]1c1ccc(OC)c(OC)c1. The van der Waals surface area contributed by atoms with Gasteiger partial charge in [0, 0.05) is 17.2 Å². The van der Waals surface area contributed by atoms with Crippen molar-refractivity contribution in [2.24, 2.45) is 5.41 Å². The Kier molecular flexibility index (Phi) is 7.78. The van der Waals surface area contributed by atoms with Crippen LogP contribution >= 0.6 is 15.9 Å². The van der Waals surface area contributed by atoms with Gasteiger partial charge >= 0.3 is 5.97 Å². The molecule has 41 heavy (non-hydrogen) atoms. The summed E-state index contributed by atoms with van der Waals surface area (Å²) in [6.45, 7) is 1.78. The fraction of sp³-hybridized carbons (Fsp3) is 0.281. The number of rotatable bonds is 8. The number of anilines is 1. The smallest absolute Gasteiger partial charge is 0.329 e. The molecule has 0 amide bonds. The second kappa shape index (κ2) is 11.3. The predicted octanol–water partition coefficient (Wildman–Crippen LogP) is 5.80. The number of halogens is 1. The minimum Gasteiger partial charge on any atom is -0.496 e. The Labute approximate surface area is 247 Å². The first-order valence-corrected chi connectivity index (χ1v) is 13.9. The van der Waals surface area contributed by atoms with Crippen molar-refractivity contribution in [3.63, 3.8) is 0 Å². The fourth-order valence-corrected chi connectivity index (χ4v) is 6.57. The molecular formula is C32H29BrN2O6. The molecule has 1 fully saturated rings. The van der Waals surface area contributed by atoms with Crippen LogP contribution in [0.2, 0.25) is 0 Å². The first-order chi connectivity index (χ1) is 19.9. The quantitative estimate of drug-likeness (QED) is 0.231. The van der Waals surface area contributed by atoms with Gasteiger partial charge in [-0.05, 0) is 70.4 Å². The molecule has 3 aromatic carbocycles. The van der Waals surface area contributed by atoms with Crippen LogP contribution in [0.1, 0.15) is 34.3 Å². The molecule has 0 aliphatic carbocycles. The van der Waals surface area contributed by atoms with Crippen molar-refractivity contribution in [1.29, 1.82) is 5.26 Å². The van der Waals surface area contributed by atoms with Crippen LogP contribution in [0.4, 0.5) is 5.69 Å². The number of carbonyl (C=O) groups excluding carboxylic acids is 2. The van der Waals surface area contributed by atoms with E-state index < -0.39 is 29.4 Å². The number of nitrogens with zero attached hydrogens (tertiary/aromatic N) is 2. The number of ketones is 1. The van der Waals surface area contributed by atoms with E-state index in [0.717, 1.165) is 11.3 Å². The molecule has 0 saturated carbocycles. The third-order valence-corrected chi connectivity index (χ3v) is 8.43. The zero-order valence-corrected chi connectivity index (χ0v) is 24.7. The summed E-state index contributed by atoms with van der Waals surface area (Å²) in [4.78, 5) is 30.5. The maximum Gasteiger partial charge on any atom is 0.329 e. The van der Waals surface area contributed by atoms with E-state index in [-0.39, 0.29) is 12.4 Å². The second-order valence-corrected chi connectivity index (χ2v) is 10.6. The Balaban J connectivity index is 1.82. The molecule has 5 rings (SSSR count).